The lowest BCUT2D eigenvalue weighted by Crippen LogP contribution is -2.20. The van der Waals surface area contributed by atoms with Crippen LogP contribution in [0.5, 0.6) is 0 Å². The summed E-state index contributed by atoms with van der Waals surface area (Å²) in [5.41, 5.74) is 0. The second-order valence-corrected chi connectivity index (χ2v) is 3.93. The number of hydrogen-bond donors (Lipinski definition) is 1. The van der Waals surface area contributed by atoms with Crippen LogP contribution in [0.2, 0.25) is 0 Å². The van der Waals surface area contributed by atoms with Crippen molar-refractivity contribution in [2.75, 3.05) is 6.54 Å². The summed E-state index contributed by atoms with van der Waals surface area (Å²) < 4.78 is 2.12. The predicted octanol–water partition coefficient (Wildman–Crippen LogP) is 1.27. The largest absolute Gasteiger partial charge is 0.337 e. The van der Waals surface area contributed by atoms with Gasteiger partial charge in [0, 0.05) is 25.0 Å². The quantitative estimate of drug-likeness (QED) is 0.690. The fraction of sp³-hybridized carbons (Fsp3) is 0.700. The summed E-state index contributed by atoms with van der Waals surface area (Å²) in [4.78, 5) is 4.00. The summed E-state index contributed by atoms with van der Waals surface area (Å²) in [5, 5.41) is 3.54. The van der Waals surface area contributed by atoms with Gasteiger partial charge >= 0.3 is 0 Å². The first-order chi connectivity index (χ1) is 6.36. The first-order valence-electron chi connectivity index (χ1n) is 5.05. The molecule has 0 radical (unpaired) electrons. The van der Waals surface area contributed by atoms with Crippen LogP contribution in [0.3, 0.4) is 0 Å². The van der Waals surface area contributed by atoms with E-state index in [-0.39, 0.29) is 0 Å². The van der Waals surface area contributed by atoms with Crippen molar-refractivity contribution >= 4 is 0 Å². The number of nitrogens with zero attached hydrogens (tertiary/aromatic N) is 2. The molecule has 1 saturated carbocycles. The second kappa shape index (κ2) is 3.92. The van der Waals surface area contributed by atoms with E-state index in [1.165, 1.54) is 12.8 Å². The summed E-state index contributed by atoms with van der Waals surface area (Å²) in [6, 6.07) is 0.808. The van der Waals surface area contributed by atoms with Crippen molar-refractivity contribution in [1.82, 2.24) is 14.9 Å². The lowest BCUT2D eigenvalue weighted by Gasteiger charge is -2.03. The molecule has 0 amide bonds. The molecule has 0 aliphatic heterocycles. The van der Waals surface area contributed by atoms with Crippen LogP contribution >= 0.6 is 0 Å². The van der Waals surface area contributed by atoms with E-state index in [4.69, 9.17) is 0 Å². The Morgan fingerprint density at radius 3 is 3.08 bits per heavy atom. The molecule has 3 heteroatoms. The Morgan fingerprint density at radius 2 is 2.46 bits per heavy atom. The molecule has 1 aliphatic carbocycles. The number of nitrogens with one attached hydrogen (secondary N) is 1. The topological polar surface area (TPSA) is 29.9 Å². The van der Waals surface area contributed by atoms with Gasteiger partial charge in [0.25, 0.3) is 0 Å². The van der Waals surface area contributed by atoms with Crippen LogP contribution in [-0.2, 0) is 6.54 Å². The third-order valence-electron chi connectivity index (χ3n) is 2.67. The molecular formula is C10H17N3. The number of rotatable bonds is 5. The highest BCUT2D eigenvalue weighted by atomic mass is 15.0. The number of aryl methyl sites for hydroxylation is 1. The average molecular weight is 179 g/mol. The van der Waals surface area contributed by atoms with Crippen molar-refractivity contribution in [3.8, 4) is 0 Å². The van der Waals surface area contributed by atoms with Crippen molar-refractivity contribution < 1.29 is 0 Å². The highest BCUT2D eigenvalue weighted by Gasteiger charge is 2.31. The van der Waals surface area contributed by atoms with Gasteiger partial charge in [0.2, 0.25) is 0 Å². The van der Waals surface area contributed by atoms with Gasteiger partial charge in [0.15, 0.2) is 0 Å². The van der Waals surface area contributed by atoms with Gasteiger partial charge in [-0.2, -0.15) is 0 Å². The van der Waals surface area contributed by atoms with E-state index >= 15 is 0 Å². The van der Waals surface area contributed by atoms with Gasteiger partial charge < -0.3 is 9.88 Å². The van der Waals surface area contributed by atoms with Crippen LogP contribution < -0.4 is 5.32 Å². The van der Waals surface area contributed by atoms with Crippen LogP contribution in [0.4, 0.5) is 0 Å². The van der Waals surface area contributed by atoms with Crippen LogP contribution in [0.25, 0.3) is 0 Å². The average Bonchev–Trinajstić information content (AvgIpc) is 2.67. The van der Waals surface area contributed by atoms with E-state index in [0.717, 1.165) is 25.0 Å². The molecule has 1 aromatic heterocycles. The Balaban J connectivity index is 1.54. The van der Waals surface area contributed by atoms with E-state index in [2.05, 4.69) is 21.8 Å². The third-order valence-corrected chi connectivity index (χ3v) is 2.67. The Kier molecular flexibility index (Phi) is 2.64. The molecule has 2 rings (SSSR count). The van der Waals surface area contributed by atoms with Gasteiger partial charge in [-0.15, -0.1) is 0 Å². The van der Waals surface area contributed by atoms with Crippen LogP contribution in [0.15, 0.2) is 18.7 Å². The molecule has 0 bridgehead atoms. The fourth-order valence-corrected chi connectivity index (χ4v) is 1.57. The summed E-state index contributed by atoms with van der Waals surface area (Å²) in [6.45, 7) is 4.51. The minimum Gasteiger partial charge on any atom is -0.337 e. The zero-order valence-electron chi connectivity index (χ0n) is 8.11. The predicted molar refractivity (Wildman–Crippen MR) is 52.4 cm³/mol. The minimum atomic E-state index is 0.808. The molecule has 2 unspecified atom stereocenters. The maximum Gasteiger partial charge on any atom is 0.0945 e. The maximum atomic E-state index is 4.00. The van der Waals surface area contributed by atoms with Crippen molar-refractivity contribution in [2.45, 2.75) is 32.4 Å². The SMILES string of the molecule is CC1CC1NCCCn1ccnc1. The molecule has 1 N–H and O–H groups in total. The Hall–Kier alpha value is -0.830. The zero-order valence-corrected chi connectivity index (χ0v) is 8.11. The molecule has 0 spiro atoms. The van der Waals surface area contributed by atoms with E-state index < -0.39 is 0 Å². The summed E-state index contributed by atoms with van der Waals surface area (Å²) >= 11 is 0. The molecule has 3 nitrogen and oxygen atoms in total. The molecule has 0 saturated heterocycles. The lowest BCUT2D eigenvalue weighted by molar-refractivity contribution is 0.567. The van der Waals surface area contributed by atoms with Gasteiger partial charge in [-0.1, -0.05) is 6.92 Å². The lowest BCUT2D eigenvalue weighted by atomic mass is 10.4. The van der Waals surface area contributed by atoms with Gasteiger partial charge in [0.05, 0.1) is 6.33 Å². The summed E-state index contributed by atoms with van der Waals surface area (Å²) in [5.74, 6) is 0.910. The monoisotopic (exact) mass is 179 g/mol. The Labute approximate surface area is 79.2 Å². The molecule has 72 valence electrons. The normalized spacial score (nSPS) is 26.2. The highest BCUT2D eigenvalue weighted by molar-refractivity contribution is 4.89. The summed E-state index contributed by atoms with van der Waals surface area (Å²) in [7, 11) is 0. The van der Waals surface area contributed by atoms with Crippen LogP contribution in [-0.4, -0.2) is 22.1 Å². The Bertz CT molecular complexity index is 243. The van der Waals surface area contributed by atoms with Gasteiger partial charge in [-0.05, 0) is 25.3 Å². The van der Waals surface area contributed by atoms with Crippen molar-refractivity contribution in [3.05, 3.63) is 18.7 Å². The van der Waals surface area contributed by atoms with E-state index in [9.17, 15) is 0 Å². The van der Waals surface area contributed by atoms with Gasteiger partial charge in [-0.3, -0.25) is 0 Å². The molecule has 2 atom stereocenters. The number of imidazole rings is 1. The highest BCUT2D eigenvalue weighted by Crippen LogP contribution is 2.28. The minimum absolute atomic E-state index is 0.808. The molecule has 1 aromatic rings. The number of hydrogen-bond acceptors (Lipinski definition) is 2. The molecule has 1 heterocycles. The third kappa shape index (κ3) is 2.56. The first kappa shape index (κ1) is 8.75. The van der Waals surface area contributed by atoms with E-state index in [1.54, 1.807) is 0 Å². The second-order valence-electron chi connectivity index (χ2n) is 3.93. The smallest absolute Gasteiger partial charge is 0.0945 e. The Morgan fingerprint density at radius 1 is 1.62 bits per heavy atom. The molecule has 1 aliphatic rings. The fourth-order valence-electron chi connectivity index (χ4n) is 1.57. The standard InChI is InChI=1S/C10H17N3/c1-9-7-10(9)12-3-2-5-13-6-4-11-8-13/h4,6,8-10,12H,2-3,5,7H2,1H3. The van der Waals surface area contributed by atoms with Gasteiger partial charge in [0.1, 0.15) is 0 Å². The molecule has 0 aromatic carbocycles. The molecule has 13 heavy (non-hydrogen) atoms. The van der Waals surface area contributed by atoms with E-state index in [1.807, 2.05) is 18.7 Å². The zero-order chi connectivity index (χ0) is 9.10. The van der Waals surface area contributed by atoms with Crippen LogP contribution in [0, 0.1) is 5.92 Å². The summed E-state index contributed by atoms with van der Waals surface area (Å²) in [6.07, 6.45) is 8.28. The van der Waals surface area contributed by atoms with Crippen LogP contribution in [0.1, 0.15) is 19.8 Å². The number of aromatic nitrogens is 2. The van der Waals surface area contributed by atoms with Crippen molar-refractivity contribution in [3.63, 3.8) is 0 Å². The maximum absolute atomic E-state index is 4.00. The molecular weight excluding hydrogens is 162 g/mol. The first-order valence-corrected chi connectivity index (χ1v) is 5.05. The van der Waals surface area contributed by atoms with E-state index in [0.29, 0.717) is 0 Å². The van der Waals surface area contributed by atoms with Crippen molar-refractivity contribution in [2.24, 2.45) is 5.92 Å². The van der Waals surface area contributed by atoms with Gasteiger partial charge in [-0.25, -0.2) is 4.98 Å². The van der Waals surface area contributed by atoms with Crippen molar-refractivity contribution in [1.29, 1.82) is 0 Å². The molecule has 1 fully saturated rings.